The summed E-state index contributed by atoms with van der Waals surface area (Å²) in [4.78, 5) is 4.77. The molecule has 2 fully saturated rings. The molecule has 0 aromatic carbocycles. The average Bonchev–Trinajstić information content (AvgIpc) is 2.57. The predicted octanol–water partition coefficient (Wildman–Crippen LogP) is 2.49. The number of nitrogen functional groups attached to an aromatic ring is 2. The number of nitrogens with two attached hydrogens (primary N) is 2. The van der Waals surface area contributed by atoms with E-state index in [0.717, 1.165) is 11.5 Å². The largest absolute Gasteiger partial charge is 0.382 e. The van der Waals surface area contributed by atoms with Crippen molar-refractivity contribution in [1.82, 2.24) is 9.66 Å². The second-order valence-electron chi connectivity index (χ2n) is 5.57. The maximum absolute atomic E-state index is 6.10. The normalized spacial score (nSPS) is 22.6. The Balaban J connectivity index is 1.88. The van der Waals surface area contributed by atoms with Crippen LogP contribution < -0.4 is 11.6 Å². The molecule has 2 aliphatic rings. The molecule has 4 heteroatoms. The van der Waals surface area contributed by atoms with Gasteiger partial charge < -0.3 is 11.6 Å². The lowest BCUT2D eigenvalue weighted by Gasteiger charge is -2.23. The van der Waals surface area contributed by atoms with Gasteiger partial charge in [0.2, 0.25) is 0 Å². The van der Waals surface area contributed by atoms with Crippen molar-refractivity contribution < 1.29 is 0 Å². The van der Waals surface area contributed by atoms with Crippen molar-refractivity contribution in [3.63, 3.8) is 0 Å². The van der Waals surface area contributed by atoms with Gasteiger partial charge in [-0.15, -0.1) is 0 Å². The van der Waals surface area contributed by atoms with E-state index in [4.69, 9.17) is 16.6 Å². The van der Waals surface area contributed by atoms with Gasteiger partial charge in [-0.2, -0.15) is 0 Å². The fourth-order valence-electron chi connectivity index (χ4n) is 3.11. The average molecular weight is 234 g/mol. The molecular weight excluding hydrogens is 212 g/mol. The van der Waals surface area contributed by atoms with Crippen LogP contribution in [0.4, 0.5) is 5.82 Å². The maximum atomic E-state index is 6.10. The van der Waals surface area contributed by atoms with Crippen LogP contribution in [0.3, 0.4) is 0 Å². The molecule has 0 saturated heterocycles. The molecule has 2 saturated carbocycles. The van der Waals surface area contributed by atoms with Crippen LogP contribution in [0.5, 0.6) is 0 Å². The van der Waals surface area contributed by atoms with Gasteiger partial charge in [0.15, 0.2) is 0 Å². The van der Waals surface area contributed by atoms with Gasteiger partial charge in [0.25, 0.3) is 0 Å². The molecular formula is C13H22N4. The number of aromatic nitrogens is 2. The summed E-state index contributed by atoms with van der Waals surface area (Å²) in [5, 5.41) is 0. The van der Waals surface area contributed by atoms with Crippen molar-refractivity contribution in [2.45, 2.75) is 63.2 Å². The summed E-state index contributed by atoms with van der Waals surface area (Å²) in [7, 11) is 0. The zero-order chi connectivity index (χ0) is 11.8. The van der Waals surface area contributed by atoms with Gasteiger partial charge >= 0.3 is 0 Å². The lowest BCUT2D eigenvalue weighted by molar-refractivity contribution is 0.406. The van der Waals surface area contributed by atoms with Crippen molar-refractivity contribution >= 4 is 5.82 Å². The van der Waals surface area contributed by atoms with Gasteiger partial charge in [0.05, 0.1) is 5.69 Å². The summed E-state index contributed by atoms with van der Waals surface area (Å²) in [6.07, 6.45) is 10.2. The third kappa shape index (κ3) is 1.79. The summed E-state index contributed by atoms with van der Waals surface area (Å²) in [5.41, 5.74) is 7.16. The Morgan fingerprint density at radius 3 is 2.18 bits per heavy atom. The standard InChI is InChI=1S/C13H22N4/c14-12-11(9-7-4-8-9)16-13(17(12)15)10-5-2-1-3-6-10/h9-10H,1-8,14-15H2. The third-order valence-electron chi connectivity index (χ3n) is 4.47. The van der Waals surface area contributed by atoms with E-state index in [1.165, 1.54) is 51.4 Å². The summed E-state index contributed by atoms with van der Waals surface area (Å²) in [6.45, 7) is 0. The summed E-state index contributed by atoms with van der Waals surface area (Å²) < 4.78 is 1.66. The maximum Gasteiger partial charge on any atom is 0.146 e. The number of anilines is 1. The minimum absolute atomic E-state index is 0.532. The summed E-state index contributed by atoms with van der Waals surface area (Å²) in [5.74, 6) is 8.92. The van der Waals surface area contributed by atoms with Crippen molar-refractivity contribution in [3.05, 3.63) is 11.5 Å². The molecule has 1 heterocycles. The Labute approximate surface area is 102 Å². The topological polar surface area (TPSA) is 69.9 Å². The molecule has 4 nitrogen and oxygen atoms in total. The molecule has 3 rings (SSSR count). The molecule has 0 atom stereocenters. The smallest absolute Gasteiger partial charge is 0.146 e. The van der Waals surface area contributed by atoms with E-state index in [9.17, 15) is 0 Å². The van der Waals surface area contributed by atoms with Gasteiger partial charge in [-0.25, -0.2) is 9.66 Å². The molecule has 17 heavy (non-hydrogen) atoms. The van der Waals surface area contributed by atoms with Crippen molar-refractivity contribution in [1.29, 1.82) is 0 Å². The number of imidazole rings is 1. The minimum Gasteiger partial charge on any atom is -0.382 e. The van der Waals surface area contributed by atoms with Gasteiger partial charge in [-0.1, -0.05) is 25.7 Å². The third-order valence-corrected chi connectivity index (χ3v) is 4.47. The Morgan fingerprint density at radius 1 is 0.941 bits per heavy atom. The zero-order valence-electron chi connectivity index (χ0n) is 10.4. The van der Waals surface area contributed by atoms with Crippen LogP contribution >= 0.6 is 0 Å². The fourth-order valence-corrected chi connectivity index (χ4v) is 3.11. The number of hydrogen-bond acceptors (Lipinski definition) is 3. The van der Waals surface area contributed by atoms with Gasteiger partial charge in [-0.05, 0) is 25.7 Å². The number of nitrogens with zero attached hydrogens (tertiary/aromatic N) is 2. The monoisotopic (exact) mass is 234 g/mol. The summed E-state index contributed by atoms with van der Waals surface area (Å²) >= 11 is 0. The van der Waals surface area contributed by atoms with E-state index >= 15 is 0 Å². The molecule has 0 amide bonds. The van der Waals surface area contributed by atoms with Crippen LogP contribution in [0.25, 0.3) is 0 Å². The van der Waals surface area contributed by atoms with E-state index in [1.807, 2.05) is 0 Å². The van der Waals surface area contributed by atoms with Crippen LogP contribution in [0.2, 0.25) is 0 Å². The first kappa shape index (κ1) is 10.9. The second kappa shape index (κ2) is 4.24. The first-order valence-electron chi connectivity index (χ1n) is 6.90. The Bertz CT molecular complexity index is 400. The molecule has 0 spiro atoms. The quantitative estimate of drug-likeness (QED) is 0.772. The fraction of sp³-hybridized carbons (Fsp3) is 0.769. The van der Waals surface area contributed by atoms with E-state index in [0.29, 0.717) is 17.7 Å². The SMILES string of the molecule is Nc1c(C2CCC2)nc(C2CCCCC2)n1N. The first-order valence-corrected chi connectivity index (χ1v) is 6.90. The van der Waals surface area contributed by atoms with E-state index in [2.05, 4.69) is 0 Å². The van der Waals surface area contributed by atoms with Crippen molar-refractivity contribution in [3.8, 4) is 0 Å². The van der Waals surface area contributed by atoms with E-state index in [-0.39, 0.29) is 0 Å². The molecule has 1 aromatic heterocycles. The van der Waals surface area contributed by atoms with Crippen LogP contribution in [0.1, 0.15) is 74.7 Å². The van der Waals surface area contributed by atoms with E-state index < -0.39 is 0 Å². The molecule has 0 unspecified atom stereocenters. The van der Waals surface area contributed by atoms with Crippen LogP contribution in [-0.4, -0.2) is 9.66 Å². The van der Waals surface area contributed by atoms with E-state index in [1.54, 1.807) is 4.68 Å². The van der Waals surface area contributed by atoms with Gasteiger partial charge in [0.1, 0.15) is 11.6 Å². The van der Waals surface area contributed by atoms with Crippen LogP contribution in [-0.2, 0) is 0 Å². The zero-order valence-corrected chi connectivity index (χ0v) is 10.4. The summed E-state index contributed by atoms with van der Waals surface area (Å²) in [6, 6.07) is 0. The lowest BCUT2D eigenvalue weighted by atomic mass is 9.83. The molecule has 94 valence electrons. The number of rotatable bonds is 2. The Hall–Kier alpha value is -1.19. The Kier molecular flexibility index (Phi) is 2.73. The molecule has 1 aromatic rings. The highest BCUT2D eigenvalue weighted by atomic mass is 15.4. The van der Waals surface area contributed by atoms with Gasteiger partial charge in [-0.3, -0.25) is 0 Å². The molecule has 0 radical (unpaired) electrons. The van der Waals surface area contributed by atoms with Crippen molar-refractivity contribution in [2.75, 3.05) is 11.6 Å². The van der Waals surface area contributed by atoms with Crippen LogP contribution in [0.15, 0.2) is 0 Å². The number of hydrogen-bond donors (Lipinski definition) is 2. The highest BCUT2D eigenvalue weighted by Crippen LogP contribution is 2.40. The van der Waals surface area contributed by atoms with Crippen LogP contribution in [0, 0.1) is 0 Å². The molecule has 2 aliphatic carbocycles. The molecule has 0 aliphatic heterocycles. The lowest BCUT2D eigenvalue weighted by Crippen LogP contribution is -2.19. The van der Waals surface area contributed by atoms with Gasteiger partial charge in [0, 0.05) is 11.8 Å². The Morgan fingerprint density at radius 2 is 1.59 bits per heavy atom. The molecule has 0 bridgehead atoms. The minimum atomic E-state index is 0.532. The highest BCUT2D eigenvalue weighted by molar-refractivity contribution is 5.42. The van der Waals surface area contributed by atoms with Crippen molar-refractivity contribution in [2.24, 2.45) is 0 Å². The second-order valence-corrected chi connectivity index (χ2v) is 5.57. The highest BCUT2D eigenvalue weighted by Gasteiger charge is 2.29. The first-order chi connectivity index (χ1) is 8.27. The predicted molar refractivity (Wildman–Crippen MR) is 69.2 cm³/mol. The molecule has 4 N–H and O–H groups in total.